The van der Waals surface area contributed by atoms with Crippen LogP contribution in [0.1, 0.15) is 24.0 Å². The topological polar surface area (TPSA) is 99.2 Å². The van der Waals surface area contributed by atoms with Crippen LogP contribution in [0.5, 0.6) is 0 Å². The number of likely N-dealkylation sites (tertiary alicyclic amines) is 1. The number of aliphatic carboxylic acids is 1. The molecule has 0 radical (unpaired) electrons. The summed E-state index contributed by atoms with van der Waals surface area (Å²) in [5, 5.41) is 13.2. The largest absolute Gasteiger partial charge is 0.478 e. The average molecular weight is 506 g/mol. The Hall–Kier alpha value is -2.97. The van der Waals surface area contributed by atoms with Gasteiger partial charge in [0, 0.05) is 37.8 Å². The number of anilines is 1. The van der Waals surface area contributed by atoms with Crippen LogP contribution in [0, 0.1) is 0 Å². The Kier molecular flexibility index (Phi) is 7.48. The third kappa shape index (κ3) is 5.56. The van der Waals surface area contributed by atoms with Crippen molar-refractivity contribution in [2.75, 3.05) is 25.0 Å². The smallest absolute Gasteiger partial charge is 0.410 e. The molecule has 2 aliphatic rings. The third-order valence-electron chi connectivity index (χ3n) is 6.23. The van der Waals surface area contributed by atoms with Gasteiger partial charge in [0.15, 0.2) is 0 Å². The maximum Gasteiger partial charge on any atom is 0.410 e. The number of carbonyl (C=O) groups is 3. The van der Waals surface area contributed by atoms with Gasteiger partial charge in [-0.1, -0.05) is 47.5 Å². The van der Waals surface area contributed by atoms with Gasteiger partial charge in [0.25, 0.3) is 0 Å². The van der Waals surface area contributed by atoms with E-state index in [0.29, 0.717) is 48.1 Å². The summed E-state index contributed by atoms with van der Waals surface area (Å²) < 4.78 is 5.31. The van der Waals surface area contributed by atoms with Gasteiger partial charge in [-0.2, -0.15) is 0 Å². The van der Waals surface area contributed by atoms with Gasteiger partial charge in [-0.25, -0.2) is 14.4 Å². The van der Waals surface area contributed by atoms with Gasteiger partial charge in [-0.05, 0) is 48.6 Å². The van der Waals surface area contributed by atoms with Crippen LogP contribution in [0.15, 0.2) is 42.5 Å². The average Bonchev–Trinajstić information content (AvgIpc) is 2.99. The summed E-state index contributed by atoms with van der Waals surface area (Å²) in [6, 6.07) is 12.4. The van der Waals surface area contributed by atoms with Crippen molar-refractivity contribution in [2.24, 2.45) is 0 Å². The summed E-state index contributed by atoms with van der Waals surface area (Å²) in [7, 11) is 0. The van der Waals surface area contributed by atoms with Crippen molar-refractivity contribution in [3.05, 3.63) is 63.6 Å². The lowest BCUT2D eigenvalue weighted by Gasteiger charge is -2.37. The zero-order valence-corrected chi connectivity index (χ0v) is 19.9. The molecule has 0 bridgehead atoms. The first-order valence-electron chi connectivity index (χ1n) is 11.1. The number of ether oxygens (including phenoxy) is 1. The number of urea groups is 1. The van der Waals surface area contributed by atoms with Crippen molar-refractivity contribution in [1.29, 1.82) is 0 Å². The standard InChI is InChI=1S/C24H25Cl2N3O5/c25-18-6-5-15(13-19(18)26)14-21(22(30)31)34-24(33)28-10-8-17(9-11-28)29-12-7-16-3-1-2-4-20(16)27-23(29)32/h1-6,13,17,21H,7-12,14H2,(H,27,32)(H,30,31)/t21-/m1/s1. The lowest BCUT2D eigenvalue weighted by molar-refractivity contribution is -0.147. The molecule has 34 heavy (non-hydrogen) atoms. The van der Waals surface area contributed by atoms with Gasteiger partial charge in [0.2, 0.25) is 6.10 Å². The van der Waals surface area contributed by atoms with Crippen molar-refractivity contribution in [1.82, 2.24) is 9.80 Å². The SMILES string of the molecule is O=C(O)[C@@H](Cc1ccc(Cl)c(Cl)c1)OC(=O)N1CCC(N2CCc3ccccc3NC2=O)CC1. The Labute approximate surface area is 207 Å². The number of halogens is 2. The van der Waals surface area contributed by atoms with Crippen LogP contribution in [0.3, 0.4) is 0 Å². The van der Waals surface area contributed by atoms with E-state index in [0.717, 1.165) is 17.7 Å². The van der Waals surface area contributed by atoms with Gasteiger partial charge in [-0.3, -0.25) is 0 Å². The Bertz CT molecular complexity index is 1090. The van der Waals surface area contributed by atoms with Crippen molar-refractivity contribution >= 4 is 47.0 Å². The van der Waals surface area contributed by atoms with E-state index >= 15 is 0 Å². The Morgan fingerprint density at radius 3 is 2.53 bits per heavy atom. The number of carboxylic acids is 1. The summed E-state index contributed by atoms with van der Waals surface area (Å²) in [6.07, 6.45) is -0.127. The van der Waals surface area contributed by atoms with Gasteiger partial charge >= 0.3 is 18.1 Å². The molecule has 2 heterocycles. The maximum atomic E-state index is 12.8. The number of carboxylic acid groups (broad SMARTS) is 1. The molecule has 0 unspecified atom stereocenters. The van der Waals surface area contributed by atoms with Crippen molar-refractivity contribution in [3.63, 3.8) is 0 Å². The monoisotopic (exact) mass is 505 g/mol. The number of nitrogens with zero attached hydrogens (tertiary/aromatic N) is 2. The van der Waals surface area contributed by atoms with E-state index in [4.69, 9.17) is 27.9 Å². The molecule has 2 aromatic carbocycles. The zero-order chi connectivity index (χ0) is 24.2. The first-order valence-corrected chi connectivity index (χ1v) is 11.8. The molecule has 0 saturated carbocycles. The molecule has 4 rings (SSSR count). The highest BCUT2D eigenvalue weighted by Crippen LogP contribution is 2.26. The van der Waals surface area contributed by atoms with E-state index in [1.54, 1.807) is 18.2 Å². The lowest BCUT2D eigenvalue weighted by Crippen LogP contribution is -2.50. The lowest BCUT2D eigenvalue weighted by atomic mass is 10.0. The predicted molar refractivity (Wildman–Crippen MR) is 129 cm³/mol. The molecule has 1 saturated heterocycles. The van der Waals surface area contributed by atoms with E-state index < -0.39 is 18.2 Å². The van der Waals surface area contributed by atoms with E-state index in [-0.39, 0.29) is 18.5 Å². The number of carbonyl (C=O) groups excluding carboxylic acids is 2. The number of amides is 3. The fraction of sp³-hybridized carbons (Fsp3) is 0.375. The van der Waals surface area contributed by atoms with E-state index in [1.807, 2.05) is 29.2 Å². The molecule has 0 aliphatic carbocycles. The van der Waals surface area contributed by atoms with Crippen LogP contribution in [0.2, 0.25) is 10.0 Å². The van der Waals surface area contributed by atoms with Crippen molar-refractivity contribution < 1.29 is 24.2 Å². The highest BCUT2D eigenvalue weighted by molar-refractivity contribution is 6.42. The molecular formula is C24H25Cl2N3O5. The molecule has 1 atom stereocenters. The molecule has 2 aliphatic heterocycles. The number of benzene rings is 2. The second kappa shape index (κ2) is 10.5. The summed E-state index contributed by atoms with van der Waals surface area (Å²) in [4.78, 5) is 40.4. The second-order valence-electron chi connectivity index (χ2n) is 8.41. The maximum absolute atomic E-state index is 12.8. The van der Waals surface area contributed by atoms with Gasteiger partial charge < -0.3 is 25.0 Å². The highest BCUT2D eigenvalue weighted by atomic mass is 35.5. The van der Waals surface area contributed by atoms with Crippen LogP contribution < -0.4 is 5.32 Å². The fourth-order valence-corrected chi connectivity index (χ4v) is 4.68. The Morgan fingerprint density at radius 1 is 1.09 bits per heavy atom. The highest BCUT2D eigenvalue weighted by Gasteiger charge is 2.33. The summed E-state index contributed by atoms with van der Waals surface area (Å²) in [6.45, 7) is 1.35. The molecular weight excluding hydrogens is 481 g/mol. The number of hydrogen-bond donors (Lipinski definition) is 2. The van der Waals surface area contributed by atoms with E-state index in [9.17, 15) is 19.5 Å². The van der Waals surface area contributed by atoms with Crippen LogP contribution in [0.4, 0.5) is 15.3 Å². The molecule has 0 spiro atoms. The van der Waals surface area contributed by atoms with Gasteiger partial charge in [0.1, 0.15) is 0 Å². The van der Waals surface area contributed by atoms with Crippen LogP contribution in [-0.4, -0.2) is 64.8 Å². The fourth-order valence-electron chi connectivity index (χ4n) is 4.35. The van der Waals surface area contributed by atoms with Gasteiger partial charge in [-0.15, -0.1) is 0 Å². The first kappa shape index (κ1) is 24.2. The molecule has 2 aromatic rings. The van der Waals surface area contributed by atoms with E-state index in [1.165, 1.54) is 4.90 Å². The number of nitrogens with one attached hydrogen (secondary N) is 1. The Morgan fingerprint density at radius 2 is 1.82 bits per heavy atom. The number of hydrogen-bond acceptors (Lipinski definition) is 4. The molecule has 3 amide bonds. The third-order valence-corrected chi connectivity index (χ3v) is 6.97. The number of piperidine rings is 1. The predicted octanol–water partition coefficient (Wildman–Crippen LogP) is 4.68. The minimum absolute atomic E-state index is 0.00941. The van der Waals surface area contributed by atoms with Crippen LogP contribution in [-0.2, 0) is 22.4 Å². The molecule has 8 nitrogen and oxygen atoms in total. The quantitative estimate of drug-likeness (QED) is 0.614. The molecule has 2 N–H and O–H groups in total. The Balaban J connectivity index is 1.32. The minimum Gasteiger partial charge on any atom is -0.478 e. The molecule has 1 fully saturated rings. The minimum atomic E-state index is -1.35. The first-order chi connectivity index (χ1) is 16.3. The second-order valence-corrected chi connectivity index (χ2v) is 9.23. The molecule has 10 heteroatoms. The van der Waals surface area contributed by atoms with Crippen LogP contribution >= 0.6 is 23.2 Å². The number of rotatable bonds is 5. The summed E-state index contributed by atoms with van der Waals surface area (Å²) in [5.41, 5.74) is 2.53. The zero-order valence-electron chi connectivity index (χ0n) is 18.4. The van der Waals surface area contributed by atoms with Crippen LogP contribution in [0.25, 0.3) is 0 Å². The van der Waals surface area contributed by atoms with Gasteiger partial charge in [0.05, 0.1) is 10.0 Å². The summed E-state index contributed by atoms with van der Waals surface area (Å²) in [5.74, 6) is -1.24. The van der Waals surface area contributed by atoms with E-state index in [2.05, 4.69) is 5.32 Å². The van der Waals surface area contributed by atoms with Crippen molar-refractivity contribution in [3.8, 4) is 0 Å². The number of para-hydroxylation sites is 1. The molecule has 0 aromatic heterocycles. The number of fused-ring (bicyclic) bond motifs is 1. The van der Waals surface area contributed by atoms with Crippen molar-refractivity contribution in [2.45, 2.75) is 37.8 Å². The normalized spacial score (nSPS) is 17.4. The summed E-state index contributed by atoms with van der Waals surface area (Å²) >= 11 is 11.9. The molecule has 180 valence electrons.